The number of rotatable bonds is 8. The van der Waals surface area contributed by atoms with Crippen molar-refractivity contribution in [2.45, 2.75) is 17.9 Å². The molecule has 0 aromatic heterocycles. The van der Waals surface area contributed by atoms with Gasteiger partial charge in [-0.1, -0.05) is 0 Å². The molecule has 0 aliphatic heterocycles. The summed E-state index contributed by atoms with van der Waals surface area (Å²) in [6, 6.07) is 16.6. The molecule has 3 aromatic carbocycles. The number of hydrogen-bond donors (Lipinski definition) is 3. The van der Waals surface area contributed by atoms with E-state index in [0.717, 1.165) is 0 Å². The standard InChI is InChI=1S/C23H22FN3O6S/c1-15(33-20-9-5-17(24)6-10-20)22(28)25-26-23(29)16-3-13-21(14-4-16)34(30,31)27-18-7-11-19(32-2)12-8-18/h3-15,27H,1-2H3,(H,25,28)(H,26,29). The van der Waals surface area contributed by atoms with Crippen LogP contribution in [-0.4, -0.2) is 33.4 Å². The molecule has 1 atom stereocenters. The number of anilines is 1. The lowest BCUT2D eigenvalue weighted by molar-refractivity contribution is -0.128. The van der Waals surface area contributed by atoms with Gasteiger partial charge in [0.1, 0.15) is 17.3 Å². The summed E-state index contributed by atoms with van der Waals surface area (Å²) in [5.74, 6) is -0.862. The van der Waals surface area contributed by atoms with E-state index in [0.29, 0.717) is 11.4 Å². The molecule has 34 heavy (non-hydrogen) atoms. The van der Waals surface area contributed by atoms with Crippen LogP contribution in [0.2, 0.25) is 0 Å². The molecule has 0 aliphatic carbocycles. The summed E-state index contributed by atoms with van der Waals surface area (Å²) in [4.78, 5) is 24.4. The van der Waals surface area contributed by atoms with Crippen molar-refractivity contribution < 1.29 is 31.9 Å². The van der Waals surface area contributed by atoms with Gasteiger partial charge in [0, 0.05) is 11.3 Å². The minimum absolute atomic E-state index is 0.0507. The van der Waals surface area contributed by atoms with Gasteiger partial charge in [0.05, 0.1) is 12.0 Å². The van der Waals surface area contributed by atoms with E-state index in [2.05, 4.69) is 15.6 Å². The molecule has 2 amide bonds. The fraction of sp³-hybridized carbons (Fsp3) is 0.130. The van der Waals surface area contributed by atoms with Crippen LogP contribution in [0.5, 0.6) is 11.5 Å². The maximum atomic E-state index is 12.9. The van der Waals surface area contributed by atoms with Gasteiger partial charge in [0.15, 0.2) is 6.10 Å². The molecular formula is C23H22FN3O6S. The number of halogens is 1. The summed E-state index contributed by atoms with van der Waals surface area (Å²) in [6.45, 7) is 1.46. The molecule has 0 bridgehead atoms. The van der Waals surface area contributed by atoms with Crippen molar-refractivity contribution in [2.75, 3.05) is 11.8 Å². The number of hydrazine groups is 1. The second-order valence-corrected chi connectivity index (χ2v) is 8.70. The fourth-order valence-electron chi connectivity index (χ4n) is 2.72. The van der Waals surface area contributed by atoms with Crippen LogP contribution < -0.4 is 25.0 Å². The predicted octanol–water partition coefficient (Wildman–Crippen LogP) is 2.86. The molecule has 0 saturated carbocycles. The Morgan fingerprint density at radius 1 is 0.853 bits per heavy atom. The monoisotopic (exact) mass is 487 g/mol. The van der Waals surface area contributed by atoms with Crippen LogP contribution in [0.3, 0.4) is 0 Å². The Bertz CT molecular complexity index is 1250. The average Bonchev–Trinajstić information content (AvgIpc) is 2.84. The molecule has 178 valence electrons. The van der Waals surface area contributed by atoms with E-state index >= 15 is 0 Å². The summed E-state index contributed by atoms with van der Waals surface area (Å²) < 4.78 is 50.9. The highest BCUT2D eigenvalue weighted by Gasteiger charge is 2.18. The lowest BCUT2D eigenvalue weighted by atomic mass is 10.2. The second kappa shape index (κ2) is 10.7. The zero-order chi connectivity index (χ0) is 24.7. The van der Waals surface area contributed by atoms with E-state index in [9.17, 15) is 22.4 Å². The third-order valence-electron chi connectivity index (χ3n) is 4.56. The van der Waals surface area contributed by atoms with Crippen LogP contribution in [0.15, 0.2) is 77.7 Å². The van der Waals surface area contributed by atoms with E-state index in [-0.39, 0.29) is 16.2 Å². The molecule has 3 rings (SSSR count). The van der Waals surface area contributed by atoms with Gasteiger partial charge in [-0.15, -0.1) is 0 Å². The first kappa shape index (κ1) is 24.5. The minimum atomic E-state index is -3.88. The van der Waals surface area contributed by atoms with Gasteiger partial charge in [-0.25, -0.2) is 12.8 Å². The third-order valence-corrected chi connectivity index (χ3v) is 5.96. The Kier molecular flexibility index (Phi) is 7.69. The minimum Gasteiger partial charge on any atom is -0.497 e. The van der Waals surface area contributed by atoms with Gasteiger partial charge >= 0.3 is 0 Å². The molecule has 3 N–H and O–H groups in total. The van der Waals surface area contributed by atoms with Crippen molar-refractivity contribution in [2.24, 2.45) is 0 Å². The molecule has 0 aliphatic rings. The number of hydrogen-bond acceptors (Lipinski definition) is 6. The molecule has 1 unspecified atom stereocenters. The van der Waals surface area contributed by atoms with Gasteiger partial charge in [0.2, 0.25) is 0 Å². The van der Waals surface area contributed by atoms with Gasteiger partial charge in [-0.2, -0.15) is 0 Å². The quantitative estimate of drug-likeness (QED) is 0.420. The predicted molar refractivity (Wildman–Crippen MR) is 122 cm³/mol. The third kappa shape index (κ3) is 6.45. The maximum Gasteiger partial charge on any atom is 0.279 e. The highest BCUT2D eigenvalue weighted by Crippen LogP contribution is 2.19. The molecule has 0 radical (unpaired) electrons. The van der Waals surface area contributed by atoms with Crippen molar-refractivity contribution >= 4 is 27.5 Å². The average molecular weight is 488 g/mol. The highest BCUT2D eigenvalue weighted by molar-refractivity contribution is 7.92. The van der Waals surface area contributed by atoms with Crippen LogP contribution in [0, 0.1) is 5.82 Å². The summed E-state index contributed by atoms with van der Waals surface area (Å²) in [5.41, 5.74) is 4.92. The molecule has 9 nitrogen and oxygen atoms in total. The molecule has 3 aromatic rings. The number of ether oxygens (including phenoxy) is 2. The maximum absolute atomic E-state index is 12.9. The van der Waals surface area contributed by atoms with E-state index in [1.165, 1.54) is 62.6 Å². The molecule has 0 spiro atoms. The molecule has 11 heteroatoms. The number of carbonyl (C=O) groups is 2. The lowest BCUT2D eigenvalue weighted by Gasteiger charge is -2.15. The summed E-state index contributed by atoms with van der Waals surface area (Å²) in [7, 11) is -2.37. The first-order valence-electron chi connectivity index (χ1n) is 9.97. The lowest BCUT2D eigenvalue weighted by Crippen LogP contribution is -2.47. The van der Waals surface area contributed by atoms with Crippen LogP contribution in [0.25, 0.3) is 0 Å². The topological polar surface area (TPSA) is 123 Å². The zero-order valence-electron chi connectivity index (χ0n) is 18.2. The SMILES string of the molecule is COc1ccc(NS(=O)(=O)c2ccc(C(=O)NNC(=O)C(C)Oc3ccc(F)cc3)cc2)cc1. The van der Waals surface area contributed by atoms with Gasteiger partial charge in [-0.05, 0) is 79.7 Å². The van der Waals surface area contributed by atoms with Crippen molar-refractivity contribution in [3.05, 3.63) is 84.2 Å². The summed E-state index contributed by atoms with van der Waals surface area (Å²) in [6.07, 6.45) is -0.970. The Hall–Kier alpha value is -4.12. The Morgan fingerprint density at radius 3 is 2.03 bits per heavy atom. The van der Waals surface area contributed by atoms with Gasteiger partial charge in [-0.3, -0.25) is 25.2 Å². The van der Waals surface area contributed by atoms with Crippen LogP contribution in [0.4, 0.5) is 10.1 Å². The highest BCUT2D eigenvalue weighted by atomic mass is 32.2. The van der Waals surface area contributed by atoms with Gasteiger partial charge < -0.3 is 9.47 Å². The molecule has 0 heterocycles. The Labute approximate surface area is 195 Å². The fourth-order valence-corrected chi connectivity index (χ4v) is 3.78. The van der Waals surface area contributed by atoms with E-state index < -0.39 is 33.8 Å². The number of methoxy groups -OCH3 is 1. The number of benzene rings is 3. The van der Waals surface area contributed by atoms with E-state index in [1.807, 2.05) is 0 Å². The smallest absolute Gasteiger partial charge is 0.279 e. The Morgan fingerprint density at radius 2 is 1.44 bits per heavy atom. The molecular weight excluding hydrogens is 465 g/mol. The van der Waals surface area contributed by atoms with Crippen molar-refractivity contribution in [3.8, 4) is 11.5 Å². The van der Waals surface area contributed by atoms with E-state index in [1.54, 1.807) is 24.3 Å². The first-order valence-corrected chi connectivity index (χ1v) is 11.5. The first-order chi connectivity index (χ1) is 16.2. The van der Waals surface area contributed by atoms with Crippen LogP contribution in [0.1, 0.15) is 17.3 Å². The number of sulfonamides is 1. The van der Waals surface area contributed by atoms with Crippen molar-refractivity contribution in [1.29, 1.82) is 0 Å². The number of carbonyl (C=O) groups excluding carboxylic acids is 2. The largest absolute Gasteiger partial charge is 0.497 e. The molecule has 0 saturated heterocycles. The number of amides is 2. The normalized spacial score (nSPS) is 11.7. The Balaban J connectivity index is 1.55. The molecule has 0 fully saturated rings. The summed E-state index contributed by atoms with van der Waals surface area (Å²) in [5, 5.41) is 0. The van der Waals surface area contributed by atoms with Crippen LogP contribution in [-0.2, 0) is 14.8 Å². The zero-order valence-corrected chi connectivity index (χ0v) is 19.1. The van der Waals surface area contributed by atoms with Crippen molar-refractivity contribution in [3.63, 3.8) is 0 Å². The number of nitrogens with one attached hydrogen (secondary N) is 3. The second-order valence-electron chi connectivity index (χ2n) is 7.02. The van der Waals surface area contributed by atoms with Gasteiger partial charge in [0.25, 0.3) is 21.8 Å². The van der Waals surface area contributed by atoms with E-state index in [4.69, 9.17) is 9.47 Å². The van der Waals surface area contributed by atoms with Crippen molar-refractivity contribution in [1.82, 2.24) is 10.9 Å². The van der Waals surface area contributed by atoms with Crippen LogP contribution >= 0.6 is 0 Å². The summed E-state index contributed by atoms with van der Waals surface area (Å²) >= 11 is 0.